The monoisotopic (exact) mass is 270 g/mol. The number of pyridine rings is 1. The number of carbonyl (C=O) groups excluding carboxylic acids is 1. The maximum Gasteiger partial charge on any atom is 0.228 e. The zero-order chi connectivity index (χ0) is 13.9. The van der Waals surface area contributed by atoms with Crippen molar-refractivity contribution in [2.45, 2.75) is 25.7 Å². The van der Waals surface area contributed by atoms with Crippen LogP contribution in [0.2, 0.25) is 0 Å². The van der Waals surface area contributed by atoms with Gasteiger partial charge in [0.15, 0.2) is 0 Å². The Bertz CT molecular complexity index is 600. The number of hydrogen-bond acceptors (Lipinski definition) is 3. The van der Waals surface area contributed by atoms with E-state index in [-0.39, 0.29) is 11.8 Å². The number of amides is 1. The molecule has 0 atom stereocenters. The summed E-state index contributed by atoms with van der Waals surface area (Å²) in [5.41, 5.74) is 1.84. The van der Waals surface area contributed by atoms with Gasteiger partial charge in [-0.3, -0.25) is 14.5 Å². The van der Waals surface area contributed by atoms with Crippen molar-refractivity contribution in [2.75, 3.05) is 5.32 Å². The summed E-state index contributed by atoms with van der Waals surface area (Å²) in [6.07, 6.45) is 7.79. The van der Waals surface area contributed by atoms with Crippen LogP contribution in [0.1, 0.15) is 25.7 Å². The van der Waals surface area contributed by atoms with Crippen molar-refractivity contribution in [1.29, 1.82) is 0 Å². The molecule has 0 bridgehead atoms. The first-order valence-electron chi connectivity index (χ1n) is 6.99. The van der Waals surface area contributed by atoms with Crippen LogP contribution < -0.4 is 5.32 Å². The summed E-state index contributed by atoms with van der Waals surface area (Å²) in [7, 11) is 1.84. The van der Waals surface area contributed by atoms with Crippen LogP contribution in [0.4, 0.5) is 5.82 Å². The van der Waals surface area contributed by atoms with E-state index in [0.717, 1.165) is 42.8 Å². The van der Waals surface area contributed by atoms with E-state index in [1.165, 1.54) is 0 Å². The number of carbonyl (C=O) groups is 1. The highest BCUT2D eigenvalue weighted by Crippen LogP contribution is 2.27. The van der Waals surface area contributed by atoms with Crippen molar-refractivity contribution in [1.82, 2.24) is 14.8 Å². The summed E-state index contributed by atoms with van der Waals surface area (Å²) in [5.74, 6) is 1.02. The Morgan fingerprint density at radius 1 is 1.30 bits per heavy atom. The Hall–Kier alpha value is -2.17. The number of nitrogens with zero attached hydrogens (tertiary/aromatic N) is 3. The molecule has 1 aliphatic rings. The zero-order valence-corrected chi connectivity index (χ0v) is 11.5. The molecule has 5 heteroatoms. The van der Waals surface area contributed by atoms with Crippen LogP contribution in [-0.2, 0) is 11.8 Å². The van der Waals surface area contributed by atoms with E-state index in [1.807, 2.05) is 25.2 Å². The highest BCUT2D eigenvalue weighted by molar-refractivity contribution is 5.92. The number of aryl methyl sites for hydroxylation is 1. The van der Waals surface area contributed by atoms with Gasteiger partial charge in [0.05, 0.1) is 5.69 Å². The molecule has 1 amide bonds. The number of hydrogen-bond donors (Lipinski definition) is 1. The fourth-order valence-corrected chi connectivity index (χ4v) is 2.66. The van der Waals surface area contributed by atoms with Crippen LogP contribution in [0.15, 0.2) is 30.6 Å². The molecule has 0 saturated heterocycles. The van der Waals surface area contributed by atoms with Gasteiger partial charge in [0.25, 0.3) is 0 Å². The average molecular weight is 270 g/mol. The lowest BCUT2D eigenvalue weighted by molar-refractivity contribution is -0.119. The Balaban J connectivity index is 1.77. The molecule has 20 heavy (non-hydrogen) atoms. The quantitative estimate of drug-likeness (QED) is 0.932. The van der Waals surface area contributed by atoms with Crippen molar-refractivity contribution < 1.29 is 4.79 Å². The molecule has 1 aliphatic carbocycles. The summed E-state index contributed by atoms with van der Waals surface area (Å²) in [6.45, 7) is 0. The minimum Gasteiger partial charge on any atom is -0.311 e. The van der Waals surface area contributed by atoms with Gasteiger partial charge >= 0.3 is 0 Å². The molecule has 104 valence electrons. The van der Waals surface area contributed by atoms with Gasteiger partial charge in [-0.05, 0) is 25.0 Å². The second-order valence-corrected chi connectivity index (χ2v) is 5.24. The molecule has 1 fully saturated rings. The first-order valence-corrected chi connectivity index (χ1v) is 6.99. The summed E-state index contributed by atoms with van der Waals surface area (Å²) in [6, 6.07) is 5.72. The second kappa shape index (κ2) is 5.45. The van der Waals surface area contributed by atoms with Crippen LogP contribution >= 0.6 is 0 Å². The molecule has 0 aromatic carbocycles. The van der Waals surface area contributed by atoms with E-state index in [9.17, 15) is 4.79 Å². The summed E-state index contributed by atoms with van der Waals surface area (Å²) in [4.78, 5) is 16.1. The molecule has 5 nitrogen and oxygen atoms in total. The third kappa shape index (κ3) is 2.57. The maximum atomic E-state index is 12.2. The number of nitrogens with one attached hydrogen (secondary N) is 1. The van der Waals surface area contributed by atoms with Crippen molar-refractivity contribution in [3.63, 3.8) is 0 Å². The third-order valence-electron chi connectivity index (χ3n) is 3.83. The van der Waals surface area contributed by atoms with Crippen LogP contribution in [-0.4, -0.2) is 20.7 Å². The van der Waals surface area contributed by atoms with Crippen molar-refractivity contribution in [3.05, 3.63) is 30.6 Å². The molecule has 0 unspecified atom stereocenters. The lowest BCUT2D eigenvalue weighted by Crippen LogP contribution is -2.21. The van der Waals surface area contributed by atoms with Crippen LogP contribution in [0.25, 0.3) is 11.3 Å². The largest absolute Gasteiger partial charge is 0.311 e. The normalized spacial score (nSPS) is 15.4. The van der Waals surface area contributed by atoms with Gasteiger partial charge in [-0.25, -0.2) is 0 Å². The molecule has 0 radical (unpaired) electrons. The number of anilines is 1. The van der Waals surface area contributed by atoms with E-state index >= 15 is 0 Å². The molecule has 2 aromatic rings. The fourth-order valence-electron chi connectivity index (χ4n) is 2.66. The molecule has 2 heterocycles. The highest BCUT2D eigenvalue weighted by atomic mass is 16.2. The van der Waals surface area contributed by atoms with Crippen LogP contribution in [0, 0.1) is 5.92 Å². The molecule has 3 rings (SSSR count). The van der Waals surface area contributed by atoms with Crippen molar-refractivity contribution in [3.8, 4) is 11.3 Å². The average Bonchev–Trinajstić information content (AvgIpc) is 3.10. The molecule has 0 spiro atoms. The van der Waals surface area contributed by atoms with E-state index < -0.39 is 0 Å². The first kappa shape index (κ1) is 12.8. The second-order valence-electron chi connectivity index (χ2n) is 5.24. The Morgan fingerprint density at radius 2 is 2.00 bits per heavy atom. The Kier molecular flexibility index (Phi) is 3.50. The maximum absolute atomic E-state index is 12.2. The van der Waals surface area contributed by atoms with E-state index in [0.29, 0.717) is 0 Å². The van der Waals surface area contributed by atoms with Gasteiger partial charge in [0.1, 0.15) is 5.82 Å². The van der Waals surface area contributed by atoms with Gasteiger partial charge in [-0.15, -0.1) is 0 Å². The SMILES string of the molecule is Cn1nc(-c2ccncc2)cc1NC(=O)C1CCCC1. The van der Waals surface area contributed by atoms with E-state index in [2.05, 4.69) is 15.4 Å². The topological polar surface area (TPSA) is 59.8 Å². The molecule has 2 aromatic heterocycles. The minimum absolute atomic E-state index is 0.117. The summed E-state index contributed by atoms with van der Waals surface area (Å²) < 4.78 is 1.71. The fraction of sp³-hybridized carbons (Fsp3) is 0.400. The minimum atomic E-state index is 0.117. The number of aromatic nitrogens is 3. The summed E-state index contributed by atoms with van der Waals surface area (Å²) in [5, 5.41) is 7.42. The predicted molar refractivity (Wildman–Crippen MR) is 77.0 cm³/mol. The smallest absolute Gasteiger partial charge is 0.228 e. The standard InChI is InChI=1S/C15H18N4O/c1-19-14(17-15(20)12-4-2-3-5-12)10-13(18-19)11-6-8-16-9-7-11/h6-10,12H,2-5H2,1H3,(H,17,20). The highest BCUT2D eigenvalue weighted by Gasteiger charge is 2.23. The van der Waals surface area contributed by atoms with Crippen molar-refractivity contribution in [2.24, 2.45) is 13.0 Å². The Labute approximate surface area is 118 Å². The van der Waals surface area contributed by atoms with Gasteiger partial charge in [-0.2, -0.15) is 5.10 Å². The van der Waals surface area contributed by atoms with Gasteiger partial charge in [-0.1, -0.05) is 12.8 Å². The molecule has 1 saturated carbocycles. The van der Waals surface area contributed by atoms with E-state index in [4.69, 9.17) is 0 Å². The van der Waals surface area contributed by atoms with Gasteiger partial charge in [0.2, 0.25) is 5.91 Å². The Morgan fingerprint density at radius 3 is 2.70 bits per heavy atom. The van der Waals surface area contributed by atoms with Crippen LogP contribution in [0.5, 0.6) is 0 Å². The predicted octanol–water partition coefficient (Wildman–Crippen LogP) is 2.61. The summed E-state index contributed by atoms with van der Waals surface area (Å²) >= 11 is 0. The molecular weight excluding hydrogens is 252 g/mol. The van der Waals surface area contributed by atoms with E-state index in [1.54, 1.807) is 17.1 Å². The molecule has 0 aliphatic heterocycles. The van der Waals surface area contributed by atoms with Gasteiger partial charge in [0, 0.05) is 37.0 Å². The molecular formula is C15H18N4O. The van der Waals surface area contributed by atoms with Crippen molar-refractivity contribution >= 4 is 11.7 Å². The molecule has 1 N–H and O–H groups in total. The first-order chi connectivity index (χ1) is 9.74. The number of rotatable bonds is 3. The lowest BCUT2D eigenvalue weighted by Gasteiger charge is -2.09. The van der Waals surface area contributed by atoms with Gasteiger partial charge < -0.3 is 5.32 Å². The third-order valence-corrected chi connectivity index (χ3v) is 3.83. The van der Waals surface area contributed by atoms with Crippen LogP contribution in [0.3, 0.4) is 0 Å². The lowest BCUT2D eigenvalue weighted by atomic mass is 10.1. The zero-order valence-electron chi connectivity index (χ0n) is 11.5.